The first-order valence-corrected chi connectivity index (χ1v) is 7.31. The van der Waals surface area contributed by atoms with Crippen molar-refractivity contribution in [3.63, 3.8) is 0 Å². The Labute approximate surface area is 125 Å². The molecule has 0 aromatic heterocycles. The van der Waals surface area contributed by atoms with Crippen LogP contribution in [0.3, 0.4) is 0 Å². The van der Waals surface area contributed by atoms with Crippen LogP contribution in [0.15, 0.2) is 24.3 Å². The highest BCUT2D eigenvalue weighted by atomic mass is 16.5. The van der Waals surface area contributed by atoms with E-state index in [9.17, 15) is 4.79 Å². The molecule has 1 aliphatic rings. The van der Waals surface area contributed by atoms with Crippen molar-refractivity contribution in [1.29, 1.82) is 0 Å². The van der Waals surface area contributed by atoms with E-state index >= 15 is 0 Å². The van der Waals surface area contributed by atoms with E-state index in [2.05, 4.69) is 21.2 Å². The second kappa shape index (κ2) is 7.85. The molecule has 0 aliphatic carbocycles. The van der Waals surface area contributed by atoms with Crippen LogP contribution in [0.4, 0.5) is 5.69 Å². The molecular weight excluding hydrogens is 268 g/mol. The predicted octanol–water partition coefficient (Wildman–Crippen LogP) is -0.108. The van der Waals surface area contributed by atoms with Gasteiger partial charge >= 0.3 is 0 Å². The van der Waals surface area contributed by atoms with Gasteiger partial charge in [0.05, 0.1) is 19.3 Å². The Morgan fingerprint density at radius 3 is 2.67 bits per heavy atom. The Kier molecular flexibility index (Phi) is 5.83. The lowest BCUT2D eigenvalue weighted by atomic mass is 10.2. The number of nitrogens with two attached hydrogens (primary N) is 1. The first kappa shape index (κ1) is 15.6. The smallest absolute Gasteiger partial charge is 0.234 e. The summed E-state index contributed by atoms with van der Waals surface area (Å²) in [5, 5.41) is 2.80. The van der Waals surface area contributed by atoms with Crippen molar-refractivity contribution in [2.24, 2.45) is 5.73 Å². The predicted molar refractivity (Wildman–Crippen MR) is 83.7 cm³/mol. The summed E-state index contributed by atoms with van der Waals surface area (Å²) < 4.78 is 5.40. The molecule has 1 amide bonds. The molecule has 0 radical (unpaired) electrons. The summed E-state index contributed by atoms with van der Waals surface area (Å²) in [4.78, 5) is 16.1. The van der Waals surface area contributed by atoms with Gasteiger partial charge in [0.2, 0.25) is 5.91 Å². The van der Waals surface area contributed by atoms with Gasteiger partial charge in [-0.3, -0.25) is 9.69 Å². The van der Waals surface area contributed by atoms with Crippen LogP contribution in [-0.2, 0) is 4.79 Å². The number of rotatable bonds is 6. The van der Waals surface area contributed by atoms with Gasteiger partial charge in [-0.15, -0.1) is 0 Å². The van der Waals surface area contributed by atoms with Gasteiger partial charge in [0.1, 0.15) is 5.75 Å². The highest BCUT2D eigenvalue weighted by Gasteiger charge is 2.20. The summed E-state index contributed by atoms with van der Waals surface area (Å²) in [6.07, 6.45) is 0. The maximum atomic E-state index is 11.7. The molecule has 1 saturated heterocycles. The number of benzene rings is 1. The normalized spacial score (nSPS) is 15.8. The molecular formula is C15H24N4O2. The highest BCUT2D eigenvalue weighted by molar-refractivity contribution is 5.78. The molecule has 1 heterocycles. The molecule has 2 rings (SSSR count). The van der Waals surface area contributed by atoms with Gasteiger partial charge in [-0.05, 0) is 12.1 Å². The number of piperazine rings is 1. The average molecular weight is 292 g/mol. The van der Waals surface area contributed by atoms with Gasteiger partial charge in [-0.25, -0.2) is 0 Å². The standard InChI is InChI=1S/C15H24N4O2/c1-21-14-5-3-2-4-13(14)19-10-8-18(9-11-19)12-15(20)17-7-6-16/h2-5H,6-12,16H2,1H3,(H,17,20). The lowest BCUT2D eigenvalue weighted by molar-refractivity contribution is -0.122. The molecule has 6 nitrogen and oxygen atoms in total. The number of anilines is 1. The first-order chi connectivity index (χ1) is 10.2. The number of nitrogens with zero attached hydrogens (tertiary/aromatic N) is 2. The van der Waals surface area contributed by atoms with Crippen LogP contribution in [0.1, 0.15) is 0 Å². The number of para-hydroxylation sites is 2. The van der Waals surface area contributed by atoms with Crippen LogP contribution >= 0.6 is 0 Å². The molecule has 3 N–H and O–H groups in total. The molecule has 0 bridgehead atoms. The van der Waals surface area contributed by atoms with E-state index in [4.69, 9.17) is 10.5 Å². The zero-order chi connectivity index (χ0) is 15.1. The third-order valence-corrected chi connectivity index (χ3v) is 3.63. The number of carbonyl (C=O) groups is 1. The number of hydrogen-bond donors (Lipinski definition) is 2. The molecule has 1 aromatic carbocycles. The van der Waals surface area contributed by atoms with E-state index in [0.29, 0.717) is 19.6 Å². The summed E-state index contributed by atoms with van der Waals surface area (Å²) in [7, 11) is 1.69. The van der Waals surface area contributed by atoms with Gasteiger partial charge in [-0.1, -0.05) is 12.1 Å². The molecule has 116 valence electrons. The molecule has 21 heavy (non-hydrogen) atoms. The van der Waals surface area contributed by atoms with E-state index in [1.165, 1.54) is 0 Å². The molecule has 0 spiro atoms. The van der Waals surface area contributed by atoms with Crippen LogP contribution in [0.5, 0.6) is 5.75 Å². The van der Waals surface area contributed by atoms with Crippen molar-refractivity contribution in [3.8, 4) is 5.75 Å². The Hall–Kier alpha value is -1.79. The monoisotopic (exact) mass is 292 g/mol. The topological polar surface area (TPSA) is 70.8 Å². The molecule has 0 saturated carbocycles. The summed E-state index contributed by atoms with van der Waals surface area (Å²) >= 11 is 0. The number of ether oxygens (including phenoxy) is 1. The zero-order valence-electron chi connectivity index (χ0n) is 12.5. The quantitative estimate of drug-likeness (QED) is 0.766. The SMILES string of the molecule is COc1ccccc1N1CCN(CC(=O)NCCN)CC1. The third-order valence-electron chi connectivity index (χ3n) is 3.63. The first-order valence-electron chi connectivity index (χ1n) is 7.31. The van der Waals surface area contributed by atoms with E-state index in [0.717, 1.165) is 37.6 Å². The summed E-state index contributed by atoms with van der Waals surface area (Å²) in [5.74, 6) is 0.942. The number of nitrogens with one attached hydrogen (secondary N) is 1. The molecule has 1 aromatic rings. The van der Waals surface area contributed by atoms with Gasteiger partial charge < -0.3 is 20.7 Å². The second-order valence-electron chi connectivity index (χ2n) is 5.07. The minimum absolute atomic E-state index is 0.0474. The van der Waals surface area contributed by atoms with E-state index in [1.54, 1.807) is 7.11 Å². The van der Waals surface area contributed by atoms with E-state index < -0.39 is 0 Å². The Morgan fingerprint density at radius 1 is 1.29 bits per heavy atom. The number of methoxy groups -OCH3 is 1. The minimum Gasteiger partial charge on any atom is -0.495 e. The number of amides is 1. The van der Waals surface area contributed by atoms with Crippen molar-refractivity contribution >= 4 is 11.6 Å². The fourth-order valence-corrected chi connectivity index (χ4v) is 2.51. The van der Waals surface area contributed by atoms with Crippen LogP contribution in [0.2, 0.25) is 0 Å². The van der Waals surface area contributed by atoms with Gasteiger partial charge in [-0.2, -0.15) is 0 Å². The van der Waals surface area contributed by atoms with Crippen LogP contribution < -0.4 is 20.7 Å². The summed E-state index contributed by atoms with van der Waals surface area (Å²) in [6, 6.07) is 8.04. The van der Waals surface area contributed by atoms with Crippen molar-refractivity contribution < 1.29 is 9.53 Å². The number of hydrogen-bond acceptors (Lipinski definition) is 5. The van der Waals surface area contributed by atoms with Crippen molar-refractivity contribution in [2.45, 2.75) is 0 Å². The van der Waals surface area contributed by atoms with Crippen molar-refractivity contribution in [3.05, 3.63) is 24.3 Å². The van der Waals surface area contributed by atoms with Crippen LogP contribution in [-0.4, -0.2) is 63.7 Å². The van der Waals surface area contributed by atoms with Gasteiger partial charge in [0.15, 0.2) is 0 Å². The molecule has 1 fully saturated rings. The number of carbonyl (C=O) groups excluding carboxylic acids is 1. The zero-order valence-corrected chi connectivity index (χ0v) is 12.5. The Morgan fingerprint density at radius 2 is 2.00 bits per heavy atom. The van der Waals surface area contributed by atoms with Crippen molar-refractivity contribution in [2.75, 3.05) is 57.8 Å². The second-order valence-corrected chi connectivity index (χ2v) is 5.07. The molecule has 0 atom stereocenters. The Balaban J connectivity index is 1.84. The molecule has 0 unspecified atom stereocenters. The van der Waals surface area contributed by atoms with Gasteiger partial charge in [0.25, 0.3) is 0 Å². The fourth-order valence-electron chi connectivity index (χ4n) is 2.51. The largest absolute Gasteiger partial charge is 0.495 e. The molecule has 1 aliphatic heterocycles. The summed E-state index contributed by atoms with van der Waals surface area (Å²) in [6.45, 7) is 4.99. The fraction of sp³-hybridized carbons (Fsp3) is 0.533. The Bertz CT molecular complexity index is 459. The third kappa shape index (κ3) is 4.34. The van der Waals surface area contributed by atoms with E-state index in [-0.39, 0.29) is 5.91 Å². The molecule has 6 heteroatoms. The van der Waals surface area contributed by atoms with Crippen LogP contribution in [0, 0.1) is 0 Å². The van der Waals surface area contributed by atoms with E-state index in [1.807, 2.05) is 18.2 Å². The summed E-state index contributed by atoms with van der Waals surface area (Å²) in [5.41, 5.74) is 6.49. The lowest BCUT2D eigenvalue weighted by Crippen LogP contribution is -2.49. The minimum atomic E-state index is 0.0474. The van der Waals surface area contributed by atoms with Gasteiger partial charge in [0, 0.05) is 39.3 Å². The average Bonchev–Trinajstić information content (AvgIpc) is 2.53. The lowest BCUT2D eigenvalue weighted by Gasteiger charge is -2.36. The maximum absolute atomic E-state index is 11.7. The van der Waals surface area contributed by atoms with Crippen molar-refractivity contribution in [1.82, 2.24) is 10.2 Å². The highest BCUT2D eigenvalue weighted by Crippen LogP contribution is 2.28. The van der Waals surface area contributed by atoms with Crippen LogP contribution in [0.25, 0.3) is 0 Å². The maximum Gasteiger partial charge on any atom is 0.234 e.